The second-order valence-electron chi connectivity index (χ2n) is 5.06. The molecule has 1 saturated heterocycles. The molecule has 0 saturated carbocycles. The molecule has 19 heavy (non-hydrogen) atoms. The van der Waals surface area contributed by atoms with Crippen LogP contribution in [0, 0.1) is 0 Å². The lowest BCUT2D eigenvalue weighted by Gasteiger charge is -2.33. The molecule has 0 bridgehead atoms. The average molecular weight is 259 g/mol. The number of hydrogen-bond donors (Lipinski definition) is 2. The lowest BCUT2D eigenvalue weighted by atomic mass is 9.98. The van der Waals surface area contributed by atoms with E-state index in [2.05, 4.69) is 23.0 Å². The Hall–Kier alpha value is -1.88. The second-order valence-corrected chi connectivity index (χ2v) is 5.06. The van der Waals surface area contributed by atoms with Gasteiger partial charge in [0.15, 0.2) is 0 Å². The summed E-state index contributed by atoms with van der Waals surface area (Å²) >= 11 is 0. The van der Waals surface area contributed by atoms with Crippen molar-refractivity contribution in [1.29, 1.82) is 0 Å². The molecule has 5 heteroatoms. The molecule has 2 heterocycles. The molecule has 0 aromatic heterocycles. The van der Waals surface area contributed by atoms with Crippen LogP contribution >= 0.6 is 0 Å². The highest BCUT2D eigenvalue weighted by molar-refractivity contribution is 5.85. The number of carbonyl (C=O) groups excluding carboxylic acids is 2. The molecule has 5 nitrogen and oxygen atoms in total. The summed E-state index contributed by atoms with van der Waals surface area (Å²) in [6, 6.07) is 7.95. The minimum atomic E-state index is -0.289. The fourth-order valence-electron chi connectivity index (χ4n) is 2.67. The zero-order chi connectivity index (χ0) is 13.2. The Morgan fingerprint density at radius 3 is 2.74 bits per heavy atom. The zero-order valence-corrected chi connectivity index (χ0v) is 10.7. The van der Waals surface area contributed by atoms with Crippen molar-refractivity contribution in [2.75, 3.05) is 6.54 Å². The molecular formula is C14H17N3O2. The predicted octanol–water partition coefficient (Wildman–Crippen LogP) is 0.355. The van der Waals surface area contributed by atoms with Crippen molar-refractivity contribution >= 4 is 11.8 Å². The lowest BCUT2D eigenvalue weighted by Crippen LogP contribution is -2.56. The van der Waals surface area contributed by atoms with E-state index in [1.807, 2.05) is 17.0 Å². The van der Waals surface area contributed by atoms with E-state index in [9.17, 15) is 9.59 Å². The molecule has 2 N–H and O–H groups in total. The van der Waals surface area contributed by atoms with Gasteiger partial charge in [-0.25, -0.2) is 5.43 Å². The third-order valence-corrected chi connectivity index (χ3v) is 3.79. The number of nitrogens with zero attached hydrogens (tertiary/aromatic N) is 1. The molecule has 3 rings (SSSR count). The Morgan fingerprint density at radius 1 is 1.21 bits per heavy atom. The predicted molar refractivity (Wildman–Crippen MR) is 69.9 cm³/mol. The van der Waals surface area contributed by atoms with E-state index in [4.69, 9.17) is 0 Å². The molecule has 1 aromatic carbocycles. The molecule has 2 aliphatic rings. The third kappa shape index (κ3) is 2.46. The number of hydrogen-bond acceptors (Lipinski definition) is 3. The van der Waals surface area contributed by atoms with E-state index in [-0.39, 0.29) is 17.9 Å². The number of nitrogens with one attached hydrogen (secondary N) is 2. The van der Waals surface area contributed by atoms with Crippen LogP contribution in [0.1, 0.15) is 24.0 Å². The lowest BCUT2D eigenvalue weighted by molar-refractivity contribution is -0.137. The smallest absolute Gasteiger partial charge is 0.241 e. The number of carbonyl (C=O) groups is 2. The zero-order valence-electron chi connectivity index (χ0n) is 10.7. The summed E-state index contributed by atoms with van der Waals surface area (Å²) in [5, 5.41) is 0. The van der Waals surface area contributed by atoms with Crippen molar-refractivity contribution in [1.82, 2.24) is 15.8 Å². The summed E-state index contributed by atoms with van der Waals surface area (Å²) in [5.41, 5.74) is 7.89. The summed E-state index contributed by atoms with van der Waals surface area (Å²) in [6.45, 7) is 1.42. The molecule has 0 aliphatic carbocycles. The number of benzene rings is 1. The van der Waals surface area contributed by atoms with Crippen LogP contribution in [0.4, 0.5) is 0 Å². The first-order chi connectivity index (χ1) is 9.24. The number of fused-ring (bicyclic) bond motifs is 1. The average Bonchev–Trinajstić information content (AvgIpc) is 2.47. The third-order valence-electron chi connectivity index (χ3n) is 3.79. The van der Waals surface area contributed by atoms with E-state index in [0.717, 1.165) is 13.0 Å². The van der Waals surface area contributed by atoms with Crippen molar-refractivity contribution in [2.24, 2.45) is 0 Å². The van der Waals surface area contributed by atoms with Crippen LogP contribution in [0.15, 0.2) is 24.3 Å². The Kier molecular flexibility index (Phi) is 3.21. The van der Waals surface area contributed by atoms with Crippen molar-refractivity contribution in [2.45, 2.75) is 31.8 Å². The van der Waals surface area contributed by atoms with Gasteiger partial charge < -0.3 is 4.90 Å². The van der Waals surface area contributed by atoms with Gasteiger partial charge in [0.05, 0.1) is 0 Å². The van der Waals surface area contributed by atoms with Gasteiger partial charge in [-0.3, -0.25) is 15.0 Å². The number of hydrazine groups is 1. The highest BCUT2D eigenvalue weighted by atomic mass is 16.2. The first kappa shape index (κ1) is 12.2. The first-order valence-electron chi connectivity index (χ1n) is 6.64. The van der Waals surface area contributed by atoms with Crippen molar-refractivity contribution < 1.29 is 9.59 Å². The van der Waals surface area contributed by atoms with Crippen molar-refractivity contribution in [3.05, 3.63) is 35.4 Å². The van der Waals surface area contributed by atoms with Gasteiger partial charge in [0.2, 0.25) is 11.8 Å². The fourth-order valence-corrected chi connectivity index (χ4v) is 2.67. The van der Waals surface area contributed by atoms with Crippen molar-refractivity contribution in [3.8, 4) is 0 Å². The maximum absolute atomic E-state index is 12.4. The first-order valence-corrected chi connectivity index (χ1v) is 6.64. The van der Waals surface area contributed by atoms with E-state index in [1.54, 1.807) is 0 Å². The van der Waals surface area contributed by atoms with Crippen LogP contribution in [0.5, 0.6) is 0 Å². The van der Waals surface area contributed by atoms with Gasteiger partial charge in [-0.15, -0.1) is 0 Å². The number of amides is 2. The molecule has 0 radical (unpaired) electrons. The van der Waals surface area contributed by atoms with Gasteiger partial charge >= 0.3 is 0 Å². The van der Waals surface area contributed by atoms with Crippen LogP contribution in [-0.2, 0) is 22.6 Å². The van der Waals surface area contributed by atoms with E-state index >= 15 is 0 Å². The fraction of sp³-hybridized carbons (Fsp3) is 0.429. The molecule has 1 unspecified atom stereocenters. The van der Waals surface area contributed by atoms with Crippen LogP contribution in [0.2, 0.25) is 0 Å². The normalized spacial score (nSPS) is 22.6. The summed E-state index contributed by atoms with van der Waals surface area (Å²) < 4.78 is 0. The maximum atomic E-state index is 12.4. The Labute approximate surface area is 111 Å². The van der Waals surface area contributed by atoms with Gasteiger partial charge in [-0.2, -0.15) is 0 Å². The van der Waals surface area contributed by atoms with Crippen LogP contribution in [0.25, 0.3) is 0 Å². The van der Waals surface area contributed by atoms with Crippen molar-refractivity contribution in [3.63, 3.8) is 0 Å². The van der Waals surface area contributed by atoms with Crippen LogP contribution in [0.3, 0.4) is 0 Å². The molecule has 1 aromatic rings. The summed E-state index contributed by atoms with van der Waals surface area (Å²) in [6.07, 6.45) is 1.89. The minimum Gasteiger partial charge on any atom is -0.337 e. The summed E-state index contributed by atoms with van der Waals surface area (Å²) in [7, 11) is 0. The number of rotatable bonds is 1. The highest BCUT2D eigenvalue weighted by Gasteiger charge is 2.29. The maximum Gasteiger partial charge on any atom is 0.241 e. The van der Waals surface area contributed by atoms with Gasteiger partial charge in [0, 0.05) is 19.5 Å². The van der Waals surface area contributed by atoms with Gasteiger partial charge in [-0.1, -0.05) is 24.3 Å². The SMILES string of the molecule is O=C1CCC(C(=O)N2CCc3ccccc3C2)NN1. The van der Waals surface area contributed by atoms with E-state index in [0.29, 0.717) is 19.4 Å². The molecule has 1 fully saturated rings. The topological polar surface area (TPSA) is 61.4 Å². The van der Waals surface area contributed by atoms with E-state index < -0.39 is 0 Å². The van der Waals surface area contributed by atoms with Crippen LogP contribution in [-0.4, -0.2) is 29.3 Å². The van der Waals surface area contributed by atoms with Gasteiger partial charge in [0.25, 0.3) is 0 Å². The molecular weight excluding hydrogens is 242 g/mol. The Morgan fingerprint density at radius 2 is 2.00 bits per heavy atom. The summed E-state index contributed by atoms with van der Waals surface area (Å²) in [4.78, 5) is 25.3. The molecule has 1 atom stereocenters. The highest BCUT2D eigenvalue weighted by Crippen LogP contribution is 2.19. The molecule has 2 aliphatic heterocycles. The molecule has 0 spiro atoms. The second kappa shape index (κ2) is 5.01. The monoisotopic (exact) mass is 259 g/mol. The van der Waals surface area contributed by atoms with Gasteiger partial charge in [-0.05, 0) is 24.0 Å². The molecule has 2 amide bonds. The quantitative estimate of drug-likeness (QED) is 0.765. The van der Waals surface area contributed by atoms with Crippen LogP contribution < -0.4 is 10.9 Å². The van der Waals surface area contributed by atoms with Gasteiger partial charge in [0.1, 0.15) is 6.04 Å². The largest absolute Gasteiger partial charge is 0.337 e. The minimum absolute atomic E-state index is 0.0481. The van der Waals surface area contributed by atoms with E-state index in [1.165, 1.54) is 11.1 Å². The standard InChI is InChI=1S/C14H17N3O2/c18-13-6-5-12(15-16-13)14(19)17-8-7-10-3-1-2-4-11(10)9-17/h1-4,12,15H,5-9H2,(H,16,18). The Bertz CT molecular complexity index is 505. The Balaban J connectivity index is 1.67. The summed E-state index contributed by atoms with van der Waals surface area (Å²) in [5.74, 6) is 0.0301. The molecule has 100 valence electrons.